The van der Waals surface area contributed by atoms with E-state index in [4.69, 9.17) is 0 Å². The van der Waals surface area contributed by atoms with Crippen LogP contribution in [0.5, 0.6) is 0 Å². The molecule has 0 bridgehead atoms. The second-order valence-corrected chi connectivity index (χ2v) is 4.62. The molecule has 1 heteroatoms. The molecule has 19 heavy (non-hydrogen) atoms. The van der Waals surface area contributed by atoms with Crippen LogP contribution >= 0.6 is 0 Å². The molecule has 0 N–H and O–H groups in total. The molecule has 0 aromatic heterocycles. The van der Waals surface area contributed by atoms with E-state index in [2.05, 4.69) is 24.3 Å². The molecule has 1 unspecified atom stereocenters. The number of allylic oxidation sites excluding steroid dienone is 1. The second kappa shape index (κ2) is 6.69. The third-order valence-electron chi connectivity index (χ3n) is 3.17. The normalized spacial score (nSPS) is 12.5. The summed E-state index contributed by atoms with van der Waals surface area (Å²) in [6.45, 7) is 1.66. The van der Waals surface area contributed by atoms with Crippen molar-refractivity contribution in [3.8, 4) is 0 Å². The topological polar surface area (TPSA) is 17.1 Å². The van der Waals surface area contributed by atoms with Crippen LogP contribution in [0.2, 0.25) is 0 Å². The van der Waals surface area contributed by atoms with Crippen LogP contribution in [0, 0.1) is 0 Å². The molecule has 1 atom stereocenters. The average Bonchev–Trinajstić information content (AvgIpc) is 2.45. The first kappa shape index (κ1) is 13.3. The van der Waals surface area contributed by atoms with E-state index in [-0.39, 0.29) is 11.7 Å². The van der Waals surface area contributed by atoms with E-state index in [1.807, 2.05) is 48.5 Å². The fraction of sp³-hybridized carbons (Fsp3) is 0.167. The predicted octanol–water partition coefficient (Wildman–Crippen LogP) is 4.46. The van der Waals surface area contributed by atoms with E-state index in [9.17, 15) is 4.79 Å². The zero-order valence-electron chi connectivity index (χ0n) is 11.1. The van der Waals surface area contributed by atoms with Crippen molar-refractivity contribution in [3.05, 3.63) is 77.9 Å². The lowest BCUT2D eigenvalue weighted by atomic mass is 9.92. The summed E-state index contributed by atoms with van der Waals surface area (Å²) in [6, 6.07) is 20.1. The predicted molar refractivity (Wildman–Crippen MR) is 80.0 cm³/mol. The summed E-state index contributed by atoms with van der Waals surface area (Å²) in [5, 5.41) is 0. The van der Waals surface area contributed by atoms with E-state index >= 15 is 0 Å². The number of carbonyl (C=O) groups excluding carboxylic acids is 1. The van der Waals surface area contributed by atoms with Crippen molar-refractivity contribution in [2.75, 3.05) is 0 Å². The Morgan fingerprint density at radius 1 is 1.00 bits per heavy atom. The smallest absolute Gasteiger partial charge is 0.137 e. The monoisotopic (exact) mass is 250 g/mol. The van der Waals surface area contributed by atoms with E-state index in [1.54, 1.807) is 6.92 Å². The fourth-order valence-electron chi connectivity index (χ4n) is 2.13. The maximum Gasteiger partial charge on any atom is 0.137 e. The van der Waals surface area contributed by atoms with E-state index in [1.165, 1.54) is 0 Å². The van der Waals surface area contributed by atoms with Gasteiger partial charge < -0.3 is 0 Å². The van der Waals surface area contributed by atoms with Crippen molar-refractivity contribution in [2.45, 2.75) is 19.3 Å². The van der Waals surface area contributed by atoms with Crippen LogP contribution in [0.25, 0.3) is 6.08 Å². The molecule has 2 aromatic carbocycles. The van der Waals surface area contributed by atoms with Crippen molar-refractivity contribution < 1.29 is 4.79 Å². The summed E-state index contributed by atoms with van der Waals surface area (Å²) in [7, 11) is 0. The van der Waals surface area contributed by atoms with Crippen LogP contribution in [-0.4, -0.2) is 5.78 Å². The second-order valence-electron chi connectivity index (χ2n) is 4.62. The van der Waals surface area contributed by atoms with Gasteiger partial charge in [0.25, 0.3) is 0 Å². The molecule has 2 rings (SSSR count). The third-order valence-corrected chi connectivity index (χ3v) is 3.17. The number of carbonyl (C=O) groups is 1. The fourth-order valence-corrected chi connectivity index (χ4v) is 2.13. The number of rotatable bonds is 5. The molecule has 0 saturated carbocycles. The molecule has 1 nitrogen and oxygen atoms in total. The minimum atomic E-state index is -0.0406. The van der Waals surface area contributed by atoms with Gasteiger partial charge in [0.2, 0.25) is 0 Å². The first-order valence-corrected chi connectivity index (χ1v) is 6.54. The van der Waals surface area contributed by atoms with Gasteiger partial charge in [0.15, 0.2) is 0 Å². The average molecular weight is 250 g/mol. The van der Waals surface area contributed by atoms with Crippen LogP contribution < -0.4 is 0 Å². The highest BCUT2D eigenvalue weighted by Crippen LogP contribution is 2.21. The molecule has 0 amide bonds. The highest BCUT2D eigenvalue weighted by atomic mass is 16.1. The van der Waals surface area contributed by atoms with Crippen molar-refractivity contribution in [2.24, 2.45) is 0 Å². The van der Waals surface area contributed by atoms with Crippen LogP contribution in [0.15, 0.2) is 66.7 Å². The molecule has 0 fully saturated rings. The minimum absolute atomic E-state index is 0.0406. The lowest BCUT2D eigenvalue weighted by molar-refractivity contribution is -0.118. The molecule has 0 aliphatic carbocycles. The van der Waals surface area contributed by atoms with E-state index in [0.29, 0.717) is 0 Å². The summed E-state index contributed by atoms with van der Waals surface area (Å²) >= 11 is 0. The standard InChI is InChI=1S/C18H18O/c1-15(19)18(17-12-6-3-7-13-17)14-8-11-16-9-4-2-5-10-16/h2-13,18H,14H2,1H3/b11-8-. The first-order chi connectivity index (χ1) is 9.27. The van der Waals surface area contributed by atoms with Gasteiger partial charge in [-0.1, -0.05) is 72.8 Å². The van der Waals surface area contributed by atoms with Gasteiger partial charge in [-0.25, -0.2) is 0 Å². The van der Waals surface area contributed by atoms with E-state index < -0.39 is 0 Å². The SMILES string of the molecule is CC(=O)C(C/C=C\c1ccccc1)c1ccccc1. The Morgan fingerprint density at radius 3 is 2.16 bits per heavy atom. The molecular formula is C18H18O. The number of ketones is 1. The van der Waals surface area contributed by atoms with Crippen molar-refractivity contribution in [3.63, 3.8) is 0 Å². The van der Waals surface area contributed by atoms with Crippen molar-refractivity contribution in [1.82, 2.24) is 0 Å². The van der Waals surface area contributed by atoms with Crippen LogP contribution in [0.3, 0.4) is 0 Å². The zero-order valence-corrected chi connectivity index (χ0v) is 11.1. The van der Waals surface area contributed by atoms with Gasteiger partial charge in [0.05, 0.1) is 0 Å². The lowest BCUT2D eigenvalue weighted by Gasteiger charge is -2.11. The number of Topliss-reactive ketones (excluding diaryl/α,β-unsaturated/α-hetero) is 1. The number of benzene rings is 2. The number of hydrogen-bond donors (Lipinski definition) is 0. The van der Waals surface area contributed by atoms with E-state index in [0.717, 1.165) is 17.5 Å². The Kier molecular flexibility index (Phi) is 4.68. The van der Waals surface area contributed by atoms with Crippen LogP contribution in [0.1, 0.15) is 30.4 Å². The minimum Gasteiger partial charge on any atom is -0.299 e. The Labute approximate surface area is 114 Å². The Morgan fingerprint density at radius 2 is 1.58 bits per heavy atom. The largest absolute Gasteiger partial charge is 0.299 e. The Hall–Kier alpha value is -2.15. The van der Waals surface area contributed by atoms with Crippen LogP contribution in [0.4, 0.5) is 0 Å². The van der Waals surface area contributed by atoms with Gasteiger partial charge in [-0.3, -0.25) is 4.79 Å². The Bertz CT molecular complexity index is 540. The van der Waals surface area contributed by atoms with Gasteiger partial charge in [-0.15, -0.1) is 0 Å². The summed E-state index contributed by atoms with van der Waals surface area (Å²) in [5.74, 6) is 0.171. The highest BCUT2D eigenvalue weighted by Gasteiger charge is 2.14. The molecule has 0 saturated heterocycles. The molecule has 0 heterocycles. The molecular weight excluding hydrogens is 232 g/mol. The molecule has 0 radical (unpaired) electrons. The third kappa shape index (κ3) is 3.92. The Balaban J connectivity index is 2.07. The van der Waals surface area contributed by atoms with Gasteiger partial charge in [-0.2, -0.15) is 0 Å². The molecule has 0 aliphatic heterocycles. The van der Waals surface area contributed by atoms with Crippen molar-refractivity contribution >= 4 is 11.9 Å². The molecule has 2 aromatic rings. The summed E-state index contributed by atoms with van der Waals surface area (Å²) in [6.07, 6.45) is 4.89. The zero-order chi connectivity index (χ0) is 13.5. The molecule has 0 aliphatic rings. The van der Waals surface area contributed by atoms with Crippen molar-refractivity contribution in [1.29, 1.82) is 0 Å². The van der Waals surface area contributed by atoms with Gasteiger partial charge in [-0.05, 0) is 24.5 Å². The highest BCUT2D eigenvalue weighted by molar-refractivity contribution is 5.83. The molecule has 0 spiro atoms. The van der Waals surface area contributed by atoms with Gasteiger partial charge in [0, 0.05) is 5.92 Å². The summed E-state index contributed by atoms with van der Waals surface area (Å²) in [5.41, 5.74) is 2.26. The maximum absolute atomic E-state index is 11.8. The van der Waals surface area contributed by atoms with Gasteiger partial charge >= 0.3 is 0 Å². The number of hydrogen-bond acceptors (Lipinski definition) is 1. The van der Waals surface area contributed by atoms with Crippen LogP contribution in [-0.2, 0) is 4.79 Å². The first-order valence-electron chi connectivity index (χ1n) is 6.54. The van der Waals surface area contributed by atoms with Gasteiger partial charge in [0.1, 0.15) is 5.78 Å². The molecule has 96 valence electrons. The summed E-state index contributed by atoms with van der Waals surface area (Å²) < 4.78 is 0. The lowest BCUT2D eigenvalue weighted by Crippen LogP contribution is -2.07. The maximum atomic E-state index is 11.8. The summed E-state index contributed by atoms with van der Waals surface area (Å²) in [4.78, 5) is 11.8. The quantitative estimate of drug-likeness (QED) is 0.765.